The molecule has 2 rings (SSSR count). The van der Waals surface area contributed by atoms with Gasteiger partial charge in [-0.25, -0.2) is 0 Å². The third kappa shape index (κ3) is 3.56. The van der Waals surface area contributed by atoms with E-state index < -0.39 is 0 Å². The molecule has 1 heterocycles. The third-order valence-electron chi connectivity index (χ3n) is 3.90. The van der Waals surface area contributed by atoms with Crippen molar-refractivity contribution in [1.29, 1.82) is 0 Å². The monoisotopic (exact) mass is 246 g/mol. The normalized spacial score (nSPS) is 17.1. The maximum absolute atomic E-state index is 5.87. The Kier molecular flexibility index (Phi) is 4.79. The van der Waals surface area contributed by atoms with Crippen molar-refractivity contribution in [2.24, 2.45) is 17.6 Å². The summed E-state index contributed by atoms with van der Waals surface area (Å²) in [5.74, 6) is 1.45. The molecule has 1 aliphatic rings. The Morgan fingerprint density at radius 2 is 1.78 bits per heavy atom. The van der Waals surface area contributed by atoms with Gasteiger partial charge in [-0.3, -0.25) is 4.90 Å². The van der Waals surface area contributed by atoms with E-state index in [0.29, 0.717) is 5.92 Å². The van der Waals surface area contributed by atoms with Gasteiger partial charge in [0.1, 0.15) is 0 Å². The highest BCUT2D eigenvalue weighted by Crippen LogP contribution is 2.23. The second-order valence-corrected chi connectivity index (χ2v) is 6.00. The van der Waals surface area contributed by atoms with Crippen LogP contribution in [0.25, 0.3) is 0 Å². The summed E-state index contributed by atoms with van der Waals surface area (Å²) >= 11 is 0. The van der Waals surface area contributed by atoms with Crippen molar-refractivity contribution >= 4 is 0 Å². The number of hydrogen-bond acceptors (Lipinski definition) is 2. The van der Waals surface area contributed by atoms with E-state index in [4.69, 9.17) is 5.73 Å². The van der Waals surface area contributed by atoms with Crippen molar-refractivity contribution in [2.45, 2.75) is 39.8 Å². The van der Waals surface area contributed by atoms with Gasteiger partial charge in [0, 0.05) is 13.1 Å². The van der Waals surface area contributed by atoms with Crippen LogP contribution in [0.4, 0.5) is 0 Å². The quantitative estimate of drug-likeness (QED) is 0.836. The Balaban J connectivity index is 1.79. The van der Waals surface area contributed by atoms with Gasteiger partial charge in [-0.05, 0) is 48.9 Å². The van der Waals surface area contributed by atoms with E-state index in [1.807, 2.05) is 0 Å². The number of fused-ring (bicyclic) bond motifs is 1. The summed E-state index contributed by atoms with van der Waals surface area (Å²) in [6.07, 6.45) is 2.50. The van der Waals surface area contributed by atoms with Crippen LogP contribution in [0.5, 0.6) is 0 Å². The minimum absolute atomic E-state index is 0.689. The predicted molar refractivity (Wildman–Crippen MR) is 77.2 cm³/mol. The fraction of sp³-hybridized carbons (Fsp3) is 0.625. The largest absolute Gasteiger partial charge is 0.330 e. The van der Waals surface area contributed by atoms with Crippen LogP contribution < -0.4 is 5.73 Å². The highest BCUT2D eigenvalue weighted by molar-refractivity contribution is 5.30. The molecule has 18 heavy (non-hydrogen) atoms. The van der Waals surface area contributed by atoms with Gasteiger partial charge in [0.2, 0.25) is 0 Å². The van der Waals surface area contributed by atoms with Crippen molar-refractivity contribution < 1.29 is 0 Å². The summed E-state index contributed by atoms with van der Waals surface area (Å²) in [4.78, 5) is 2.55. The third-order valence-corrected chi connectivity index (χ3v) is 3.90. The van der Waals surface area contributed by atoms with Gasteiger partial charge >= 0.3 is 0 Å². The molecule has 0 fully saturated rings. The smallest absolute Gasteiger partial charge is 0.0240 e. The lowest BCUT2D eigenvalue weighted by Gasteiger charge is -2.21. The number of hydrogen-bond donors (Lipinski definition) is 1. The van der Waals surface area contributed by atoms with E-state index in [1.165, 1.54) is 30.5 Å². The fourth-order valence-corrected chi connectivity index (χ4v) is 2.93. The molecule has 100 valence electrons. The van der Waals surface area contributed by atoms with Gasteiger partial charge < -0.3 is 5.73 Å². The van der Waals surface area contributed by atoms with Gasteiger partial charge in [-0.15, -0.1) is 0 Å². The molecule has 1 aliphatic heterocycles. The zero-order chi connectivity index (χ0) is 13.0. The number of benzene rings is 1. The average Bonchev–Trinajstić information content (AvgIpc) is 2.76. The molecule has 1 aromatic carbocycles. The molecule has 2 heteroatoms. The number of nitrogens with two attached hydrogens (primary N) is 1. The summed E-state index contributed by atoms with van der Waals surface area (Å²) in [5, 5.41) is 0. The molecule has 0 saturated carbocycles. The van der Waals surface area contributed by atoms with Crippen LogP contribution in [0.15, 0.2) is 24.3 Å². The molecule has 1 atom stereocenters. The highest BCUT2D eigenvalue weighted by atomic mass is 15.1. The minimum atomic E-state index is 0.689. The molecule has 2 N–H and O–H groups in total. The molecule has 1 unspecified atom stereocenters. The van der Waals surface area contributed by atoms with Crippen LogP contribution in [0.1, 0.15) is 37.8 Å². The Morgan fingerprint density at radius 1 is 1.17 bits per heavy atom. The fourth-order valence-electron chi connectivity index (χ4n) is 2.93. The maximum Gasteiger partial charge on any atom is 0.0240 e. The number of nitrogens with zero attached hydrogens (tertiary/aromatic N) is 1. The molecule has 0 saturated heterocycles. The van der Waals surface area contributed by atoms with E-state index in [-0.39, 0.29) is 0 Å². The molecular weight excluding hydrogens is 220 g/mol. The van der Waals surface area contributed by atoms with Crippen molar-refractivity contribution in [3.05, 3.63) is 35.4 Å². The minimum Gasteiger partial charge on any atom is -0.330 e. The zero-order valence-corrected chi connectivity index (χ0v) is 11.7. The van der Waals surface area contributed by atoms with Crippen molar-refractivity contribution in [2.75, 3.05) is 13.1 Å². The number of rotatable bonds is 6. The molecule has 0 aromatic heterocycles. The molecule has 0 bridgehead atoms. The van der Waals surface area contributed by atoms with Crippen molar-refractivity contribution in [1.82, 2.24) is 4.90 Å². The lowest BCUT2D eigenvalue weighted by Crippen LogP contribution is -2.24. The summed E-state index contributed by atoms with van der Waals surface area (Å²) in [6.45, 7) is 8.83. The van der Waals surface area contributed by atoms with E-state index >= 15 is 0 Å². The van der Waals surface area contributed by atoms with Gasteiger partial charge in [-0.2, -0.15) is 0 Å². The van der Waals surface area contributed by atoms with Crippen LogP contribution in [-0.4, -0.2) is 18.0 Å². The first-order chi connectivity index (χ1) is 8.69. The lowest BCUT2D eigenvalue weighted by molar-refractivity contribution is 0.248. The van der Waals surface area contributed by atoms with Crippen LogP contribution in [-0.2, 0) is 13.1 Å². The Morgan fingerprint density at radius 3 is 2.28 bits per heavy atom. The highest BCUT2D eigenvalue weighted by Gasteiger charge is 2.19. The van der Waals surface area contributed by atoms with Crippen LogP contribution in [0.3, 0.4) is 0 Å². The van der Waals surface area contributed by atoms with E-state index in [1.54, 1.807) is 0 Å². The molecule has 0 spiro atoms. The molecule has 0 aliphatic carbocycles. The molecule has 0 radical (unpaired) electrons. The lowest BCUT2D eigenvalue weighted by atomic mass is 9.94. The molecule has 0 amide bonds. The second-order valence-electron chi connectivity index (χ2n) is 6.00. The second kappa shape index (κ2) is 6.35. The standard InChI is InChI=1S/C16H26N2/c1-13(2)9-14(10-17)7-8-18-11-15-5-3-4-6-16(15)12-18/h3-6,13-14H,7-12,17H2,1-2H3. The van der Waals surface area contributed by atoms with Crippen molar-refractivity contribution in [3.63, 3.8) is 0 Å². The topological polar surface area (TPSA) is 29.3 Å². The molecule has 2 nitrogen and oxygen atoms in total. The molecule has 1 aromatic rings. The van der Waals surface area contributed by atoms with Gasteiger partial charge in [0.05, 0.1) is 0 Å². The van der Waals surface area contributed by atoms with Crippen LogP contribution in [0.2, 0.25) is 0 Å². The summed E-state index contributed by atoms with van der Waals surface area (Å²) in [7, 11) is 0. The van der Waals surface area contributed by atoms with E-state index in [2.05, 4.69) is 43.0 Å². The predicted octanol–water partition coefficient (Wildman–Crippen LogP) is 3.01. The van der Waals surface area contributed by atoms with Crippen molar-refractivity contribution in [3.8, 4) is 0 Å². The molecular formula is C16H26N2. The summed E-state index contributed by atoms with van der Waals surface area (Å²) in [5.41, 5.74) is 8.88. The Hall–Kier alpha value is -0.860. The Labute approximate surface area is 111 Å². The SMILES string of the molecule is CC(C)CC(CN)CCN1Cc2ccccc2C1. The van der Waals surface area contributed by atoms with Crippen LogP contribution >= 0.6 is 0 Å². The van der Waals surface area contributed by atoms with Gasteiger partial charge in [0.15, 0.2) is 0 Å². The maximum atomic E-state index is 5.87. The Bertz CT molecular complexity index is 348. The van der Waals surface area contributed by atoms with E-state index in [9.17, 15) is 0 Å². The van der Waals surface area contributed by atoms with Gasteiger partial charge in [-0.1, -0.05) is 38.1 Å². The first-order valence-corrected chi connectivity index (χ1v) is 7.18. The first kappa shape index (κ1) is 13.6. The van der Waals surface area contributed by atoms with E-state index in [0.717, 1.165) is 25.6 Å². The van der Waals surface area contributed by atoms with Gasteiger partial charge in [0.25, 0.3) is 0 Å². The summed E-state index contributed by atoms with van der Waals surface area (Å²) in [6, 6.07) is 8.79. The average molecular weight is 246 g/mol. The zero-order valence-electron chi connectivity index (χ0n) is 11.7. The summed E-state index contributed by atoms with van der Waals surface area (Å²) < 4.78 is 0. The first-order valence-electron chi connectivity index (χ1n) is 7.18. The van der Waals surface area contributed by atoms with Crippen LogP contribution in [0, 0.1) is 11.8 Å².